The first-order valence-corrected chi connectivity index (χ1v) is 11.8. The van der Waals surface area contributed by atoms with E-state index >= 15 is 0 Å². The van der Waals surface area contributed by atoms with Gasteiger partial charge in [-0.1, -0.05) is 23.2 Å². The van der Waals surface area contributed by atoms with E-state index in [1.165, 1.54) is 27.2 Å². The molecule has 0 saturated heterocycles. The van der Waals surface area contributed by atoms with Gasteiger partial charge in [-0.15, -0.1) is 11.3 Å². The van der Waals surface area contributed by atoms with Gasteiger partial charge >= 0.3 is 0 Å². The molecule has 174 valence electrons. The molecule has 0 saturated carbocycles. The number of amides is 2. The van der Waals surface area contributed by atoms with Crippen LogP contribution in [0.3, 0.4) is 0 Å². The second-order valence-corrected chi connectivity index (χ2v) is 9.61. The van der Waals surface area contributed by atoms with Crippen molar-refractivity contribution in [2.75, 3.05) is 19.0 Å². The highest BCUT2D eigenvalue weighted by Gasteiger charge is 2.24. The fourth-order valence-corrected chi connectivity index (χ4v) is 4.81. The van der Waals surface area contributed by atoms with Crippen LogP contribution >= 0.6 is 34.5 Å². The van der Waals surface area contributed by atoms with Crippen LogP contribution in [0.5, 0.6) is 11.5 Å². The summed E-state index contributed by atoms with van der Waals surface area (Å²) in [6, 6.07) is 14.5. The van der Waals surface area contributed by atoms with E-state index in [2.05, 4.69) is 0 Å². The number of nitrogens with zero attached hydrogens (tertiary/aromatic N) is 2. The second-order valence-electron chi connectivity index (χ2n) is 7.86. The van der Waals surface area contributed by atoms with E-state index in [-0.39, 0.29) is 28.8 Å². The van der Waals surface area contributed by atoms with Crippen LogP contribution in [-0.4, -0.2) is 41.0 Å². The van der Waals surface area contributed by atoms with Crippen LogP contribution < -0.4 is 4.90 Å². The van der Waals surface area contributed by atoms with Crippen molar-refractivity contribution in [3.05, 3.63) is 86.7 Å². The number of hydrogen-bond donors (Lipinski definition) is 2. The van der Waals surface area contributed by atoms with Gasteiger partial charge in [0, 0.05) is 41.1 Å². The molecule has 34 heavy (non-hydrogen) atoms. The Balaban J connectivity index is 1.79. The van der Waals surface area contributed by atoms with Crippen LogP contribution in [0.15, 0.2) is 60.0 Å². The fourth-order valence-electron chi connectivity index (χ4n) is 3.54. The van der Waals surface area contributed by atoms with Crippen molar-refractivity contribution in [3.63, 3.8) is 0 Å². The fraction of sp³-hybridized carbons (Fsp3) is 0.120. The Kier molecular flexibility index (Phi) is 6.70. The van der Waals surface area contributed by atoms with Crippen LogP contribution in [0.2, 0.25) is 10.0 Å². The minimum absolute atomic E-state index is 0.0548. The molecule has 0 aliphatic heterocycles. The molecule has 9 heteroatoms. The predicted octanol–water partition coefficient (Wildman–Crippen LogP) is 6.17. The predicted molar refractivity (Wildman–Crippen MR) is 137 cm³/mol. The van der Waals surface area contributed by atoms with Gasteiger partial charge < -0.3 is 20.0 Å². The summed E-state index contributed by atoms with van der Waals surface area (Å²) in [4.78, 5) is 28.9. The minimum Gasteiger partial charge on any atom is -0.507 e. The SMILES string of the molecule is CN(C)C(=O)c1ccc(N(Cc2csc3ccc(Cl)cc23)C(=O)c2cc(Cl)c(O)cc2O)cc1. The average molecular weight is 515 g/mol. The normalized spacial score (nSPS) is 10.9. The van der Waals surface area contributed by atoms with Gasteiger partial charge in [-0.25, -0.2) is 0 Å². The molecule has 0 fully saturated rings. The summed E-state index contributed by atoms with van der Waals surface area (Å²) in [6.45, 7) is 0.179. The number of benzene rings is 3. The molecule has 4 rings (SSSR count). The van der Waals surface area contributed by atoms with Crippen LogP contribution in [0.1, 0.15) is 26.3 Å². The number of hydrogen-bond acceptors (Lipinski definition) is 5. The molecule has 0 atom stereocenters. The van der Waals surface area contributed by atoms with Crippen molar-refractivity contribution in [1.82, 2.24) is 4.90 Å². The summed E-state index contributed by atoms with van der Waals surface area (Å²) >= 11 is 13.8. The Hall–Kier alpha value is -3.26. The van der Waals surface area contributed by atoms with E-state index in [1.807, 2.05) is 23.6 Å². The molecule has 0 aliphatic carbocycles. The first-order valence-electron chi connectivity index (χ1n) is 10.2. The lowest BCUT2D eigenvalue weighted by atomic mass is 10.1. The van der Waals surface area contributed by atoms with Crippen molar-refractivity contribution >= 4 is 62.1 Å². The monoisotopic (exact) mass is 514 g/mol. The molecule has 2 N–H and O–H groups in total. The third kappa shape index (κ3) is 4.68. The summed E-state index contributed by atoms with van der Waals surface area (Å²) in [6.07, 6.45) is 0. The molecule has 1 heterocycles. The highest BCUT2D eigenvalue weighted by Crippen LogP contribution is 2.35. The molecule has 0 aliphatic rings. The zero-order valence-corrected chi connectivity index (χ0v) is 20.6. The maximum absolute atomic E-state index is 13.6. The quantitative estimate of drug-likeness (QED) is 0.333. The first kappa shape index (κ1) is 23.9. The lowest BCUT2D eigenvalue weighted by Gasteiger charge is -2.24. The summed E-state index contributed by atoms with van der Waals surface area (Å²) in [5.41, 5.74) is 1.80. The number of halogens is 2. The molecule has 1 aromatic heterocycles. The Morgan fingerprint density at radius 1 is 0.912 bits per heavy atom. The number of anilines is 1. The molecule has 2 amide bonds. The Morgan fingerprint density at radius 3 is 2.29 bits per heavy atom. The number of phenols is 2. The Labute approximate surface area is 210 Å². The maximum Gasteiger partial charge on any atom is 0.262 e. The van der Waals surface area contributed by atoms with E-state index in [9.17, 15) is 19.8 Å². The van der Waals surface area contributed by atoms with Gasteiger partial charge in [0.25, 0.3) is 11.8 Å². The van der Waals surface area contributed by atoms with Gasteiger partial charge in [-0.3, -0.25) is 9.59 Å². The lowest BCUT2D eigenvalue weighted by Crippen LogP contribution is -2.30. The van der Waals surface area contributed by atoms with Gasteiger partial charge in [0.2, 0.25) is 0 Å². The van der Waals surface area contributed by atoms with E-state index in [0.29, 0.717) is 16.3 Å². The Morgan fingerprint density at radius 2 is 1.62 bits per heavy atom. The van der Waals surface area contributed by atoms with Gasteiger partial charge in [-0.05, 0) is 64.9 Å². The zero-order valence-electron chi connectivity index (χ0n) is 18.3. The van der Waals surface area contributed by atoms with Crippen molar-refractivity contribution in [3.8, 4) is 11.5 Å². The molecule has 0 spiro atoms. The molecular weight excluding hydrogens is 495 g/mol. The maximum atomic E-state index is 13.6. The molecule has 6 nitrogen and oxygen atoms in total. The number of thiophene rings is 1. The third-order valence-corrected chi connectivity index (χ3v) is 6.87. The molecule has 0 bridgehead atoms. The highest BCUT2D eigenvalue weighted by molar-refractivity contribution is 7.17. The van der Waals surface area contributed by atoms with Crippen LogP contribution in [0.25, 0.3) is 10.1 Å². The number of phenolic OH excluding ortho intramolecular Hbond substituents is 2. The zero-order chi connectivity index (χ0) is 24.6. The molecular formula is C25H20Cl2N2O4S. The highest BCUT2D eigenvalue weighted by atomic mass is 35.5. The molecule has 0 unspecified atom stereocenters. The second kappa shape index (κ2) is 9.54. The van der Waals surface area contributed by atoms with E-state index in [1.54, 1.807) is 38.4 Å². The van der Waals surface area contributed by atoms with Crippen molar-refractivity contribution in [1.29, 1.82) is 0 Å². The topological polar surface area (TPSA) is 81.1 Å². The number of fused-ring (bicyclic) bond motifs is 1. The Bertz CT molecular complexity index is 1400. The van der Waals surface area contributed by atoms with Crippen LogP contribution in [-0.2, 0) is 6.54 Å². The standard InChI is InChI=1S/C25H20Cl2N2O4S/c1-28(2)24(32)14-3-6-17(7-4-14)29(25(33)19-10-20(27)22(31)11-21(19)30)12-15-13-34-23-8-5-16(26)9-18(15)23/h3-11,13,30-31H,12H2,1-2H3. The summed E-state index contributed by atoms with van der Waals surface area (Å²) < 4.78 is 1.02. The number of carbonyl (C=O) groups is 2. The summed E-state index contributed by atoms with van der Waals surface area (Å²) in [5.74, 6) is -1.40. The van der Waals surface area contributed by atoms with Crippen molar-refractivity contribution in [2.45, 2.75) is 6.54 Å². The largest absolute Gasteiger partial charge is 0.507 e. The smallest absolute Gasteiger partial charge is 0.262 e. The van der Waals surface area contributed by atoms with E-state index in [0.717, 1.165) is 21.7 Å². The molecule has 3 aromatic carbocycles. The average Bonchev–Trinajstić information content (AvgIpc) is 3.20. The minimum atomic E-state index is -0.521. The van der Waals surface area contributed by atoms with Crippen LogP contribution in [0, 0.1) is 0 Å². The van der Waals surface area contributed by atoms with Gasteiger partial charge in [0.1, 0.15) is 11.5 Å². The number of rotatable bonds is 5. The summed E-state index contributed by atoms with van der Waals surface area (Å²) in [7, 11) is 3.33. The first-order chi connectivity index (χ1) is 16.2. The van der Waals surface area contributed by atoms with Gasteiger partial charge in [0.05, 0.1) is 17.1 Å². The van der Waals surface area contributed by atoms with Crippen molar-refractivity contribution in [2.24, 2.45) is 0 Å². The van der Waals surface area contributed by atoms with E-state index < -0.39 is 11.7 Å². The lowest BCUT2D eigenvalue weighted by molar-refractivity contribution is 0.0827. The van der Waals surface area contributed by atoms with Crippen molar-refractivity contribution < 1.29 is 19.8 Å². The van der Waals surface area contributed by atoms with E-state index in [4.69, 9.17) is 23.2 Å². The van der Waals surface area contributed by atoms with Crippen LogP contribution in [0.4, 0.5) is 5.69 Å². The number of aromatic hydroxyl groups is 2. The number of carbonyl (C=O) groups excluding carboxylic acids is 2. The molecule has 4 aromatic rings. The molecule has 0 radical (unpaired) electrons. The third-order valence-electron chi connectivity index (χ3n) is 5.32. The van der Waals surface area contributed by atoms with Gasteiger partial charge in [-0.2, -0.15) is 0 Å². The van der Waals surface area contributed by atoms with Gasteiger partial charge in [0.15, 0.2) is 0 Å². The summed E-state index contributed by atoms with van der Waals surface area (Å²) in [5, 5.41) is 23.5.